The molecule has 0 bridgehead atoms. The predicted octanol–water partition coefficient (Wildman–Crippen LogP) is 4.28. The fourth-order valence-corrected chi connectivity index (χ4v) is 3.27. The minimum absolute atomic E-state index is 0.0293. The molecule has 0 aliphatic heterocycles. The van der Waals surface area contributed by atoms with E-state index in [-0.39, 0.29) is 17.8 Å². The summed E-state index contributed by atoms with van der Waals surface area (Å²) in [6.07, 6.45) is 2.64. The van der Waals surface area contributed by atoms with E-state index in [0.717, 1.165) is 12.8 Å². The van der Waals surface area contributed by atoms with Crippen molar-refractivity contribution in [1.29, 1.82) is 0 Å². The zero-order valence-corrected chi connectivity index (χ0v) is 11.9. The van der Waals surface area contributed by atoms with E-state index < -0.39 is 0 Å². The van der Waals surface area contributed by atoms with Crippen molar-refractivity contribution < 1.29 is 4.39 Å². The van der Waals surface area contributed by atoms with Gasteiger partial charge in [0, 0.05) is 11.1 Å². The van der Waals surface area contributed by atoms with Crippen LogP contribution in [0.4, 0.5) is 4.39 Å². The van der Waals surface area contributed by atoms with Crippen molar-refractivity contribution in [3.05, 3.63) is 70.0 Å². The molecule has 0 saturated carbocycles. The molecule has 20 heavy (non-hydrogen) atoms. The Hall–Kier alpha value is -1.38. The molecule has 0 radical (unpaired) electrons. The summed E-state index contributed by atoms with van der Waals surface area (Å²) in [5.41, 5.74) is 9.56. The van der Waals surface area contributed by atoms with Gasteiger partial charge in [0.05, 0.1) is 0 Å². The van der Waals surface area contributed by atoms with Crippen molar-refractivity contribution in [2.75, 3.05) is 0 Å². The number of hydrogen-bond acceptors (Lipinski definition) is 1. The van der Waals surface area contributed by atoms with Crippen LogP contribution in [0.15, 0.2) is 42.5 Å². The normalized spacial score (nSPS) is 21.6. The summed E-state index contributed by atoms with van der Waals surface area (Å²) in [6.45, 7) is 0. The van der Waals surface area contributed by atoms with E-state index >= 15 is 0 Å². The SMILES string of the molecule is NC1c2ccccc2CCC1Cc1cc(Cl)ccc1F. The molecule has 0 spiro atoms. The smallest absolute Gasteiger partial charge is 0.126 e. The van der Waals surface area contributed by atoms with Gasteiger partial charge in [0.25, 0.3) is 0 Å². The molecule has 2 N–H and O–H groups in total. The van der Waals surface area contributed by atoms with Crippen LogP contribution in [0.25, 0.3) is 0 Å². The molecule has 1 nitrogen and oxygen atoms in total. The standard InChI is InChI=1S/C17H17ClFN/c18-14-7-8-16(19)13(10-14)9-12-6-5-11-3-1-2-4-15(11)17(12)20/h1-4,7-8,10,12,17H,5-6,9,20H2. The highest BCUT2D eigenvalue weighted by molar-refractivity contribution is 6.30. The van der Waals surface area contributed by atoms with Crippen molar-refractivity contribution >= 4 is 11.6 Å². The van der Waals surface area contributed by atoms with Gasteiger partial charge in [0.15, 0.2) is 0 Å². The third-order valence-corrected chi connectivity index (χ3v) is 4.43. The van der Waals surface area contributed by atoms with E-state index in [2.05, 4.69) is 12.1 Å². The maximum Gasteiger partial charge on any atom is 0.126 e. The molecule has 0 saturated heterocycles. The average Bonchev–Trinajstić information content (AvgIpc) is 2.46. The maximum absolute atomic E-state index is 13.8. The van der Waals surface area contributed by atoms with Crippen LogP contribution in [0, 0.1) is 11.7 Å². The lowest BCUT2D eigenvalue weighted by atomic mass is 9.77. The Bertz CT molecular complexity index is 626. The molecule has 2 aromatic rings. The lowest BCUT2D eigenvalue weighted by Crippen LogP contribution is -2.29. The molecule has 0 fully saturated rings. The van der Waals surface area contributed by atoms with Crippen LogP contribution in [0.5, 0.6) is 0 Å². The lowest BCUT2D eigenvalue weighted by Gasteiger charge is -2.31. The number of benzene rings is 2. The highest BCUT2D eigenvalue weighted by atomic mass is 35.5. The summed E-state index contributed by atoms with van der Waals surface area (Å²) in [6, 6.07) is 13.0. The zero-order chi connectivity index (χ0) is 14.1. The molecule has 1 aliphatic carbocycles. The third kappa shape index (κ3) is 2.58. The van der Waals surface area contributed by atoms with E-state index in [4.69, 9.17) is 17.3 Å². The van der Waals surface area contributed by atoms with E-state index in [0.29, 0.717) is 17.0 Å². The van der Waals surface area contributed by atoms with Crippen molar-refractivity contribution in [2.24, 2.45) is 11.7 Å². The van der Waals surface area contributed by atoms with Gasteiger partial charge < -0.3 is 5.73 Å². The van der Waals surface area contributed by atoms with Crippen molar-refractivity contribution in [1.82, 2.24) is 0 Å². The van der Waals surface area contributed by atoms with Gasteiger partial charge in [0.2, 0.25) is 0 Å². The first-order valence-electron chi connectivity index (χ1n) is 6.92. The minimum atomic E-state index is -0.194. The first kappa shape index (κ1) is 13.6. The average molecular weight is 290 g/mol. The van der Waals surface area contributed by atoms with Gasteiger partial charge in [-0.25, -0.2) is 4.39 Å². The van der Waals surface area contributed by atoms with Crippen LogP contribution in [-0.4, -0.2) is 0 Å². The molecule has 0 aromatic heterocycles. The highest BCUT2D eigenvalue weighted by Gasteiger charge is 2.27. The molecule has 3 heteroatoms. The second kappa shape index (κ2) is 5.55. The fourth-order valence-electron chi connectivity index (χ4n) is 3.07. The molecule has 2 aromatic carbocycles. The molecular formula is C17H17ClFN. The van der Waals surface area contributed by atoms with Crippen LogP contribution < -0.4 is 5.73 Å². The van der Waals surface area contributed by atoms with Crippen LogP contribution in [-0.2, 0) is 12.8 Å². The van der Waals surface area contributed by atoms with Crippen molar-refractivity contribution in [3.8, 4) is 0 Å². The number of fused-ring (bicyclic) bond motifs is 1. The Balaban J connectivity index is 1.84. The monoisotopic (exact) mass is 289 g/mol. The Morgan fingerprint density at radius 3 is 2.85 bits per heavy atom. The predicted molar refractivity (Wildman–Crippen MR) is 80.3 cm³/mol. The number of aryl methyl sites for hydroxylation is 1. The van der Waals surface area contributed by atoms with Crippen LogP contribution in [0.3, 0.4) is 0 Å². The van der Waals surface area contributed by atoms with Gasteiger partial charge in [0.1, 0.15) is 5.82 Å². The van der Waals surface area contributed by atoms with Gasteiger partial charge in [-0.05, 0) is 60.1 Å². The lowest BCUT2D eigenvalue weighted by molar-refractivity contribution is 0.371. The first-order valence-corrected chi connectivity index (χ1v) is 7.30. The van der Waals surface area contributed by atoms with Gasteiger partial charge in [-0.1, -0.05) is 35.9 Å². The molecule has 2 atom stereocenters. The van der Waals surface area contributed by atoms with E-state index in [1.54, 1.807) is 12.1 Å². The Labute approximate surface area is 123 Å². The van der Waals surface area contributed by atoms with Crippen LogP contribution in [0.1, 0.15) is 29.2 Å². The third-order valence-electron chi connectivity index (χ3n) is 4.20. The summed E-state index contributed by atoms with van der Waals surface area (Å²) in [7, 11) is 0. The Morgan fingerprint density at radius 2 is 2.00 bits per heavy atom. The zero-order valence-electron chi connectivity index (χ0n) is 11.2. The first-order chi connectivity index (χ1) is 9.65. The summed E-state index contributed by atoms with van der Waals surface area (Å²) in [4.78, 5) is 0. The van der Waals surface area contributed by atoms with Gasteiger partial charge in [-0.3, -0.25) is 0 Å². The maximum atomic E-state index is 13.8. The van der Waals surface area contributed by atoms with Gasteiger partial charge >= 0.3 is 0 Å². The molecule has 104 valence electrons. The van der Waals surface area contributed by atoms with E-state index in [1.165, 1.54) is 17.2 Å². The number of halogens is 2. The van der Waals surface area contributed by atoms with Crippen molar-refractivity contribution in [2.45, 2.75) is 25.3 Å². The molecular weight excluding hydrogens is 273 g/mol. The summed E-state index contributed by atoms with van der Waals surface area (Å²) in [5.74, 6) is 0.0679. The fraction of sp³-hybridized carbons (Fsp3) is 0.294. The minimum Gasteiger partial charge on any atom is -0.324 e. The largest absolute Gasteiger partial charge is 0.324 e. The number of hydrogen-bond donors (Lipinski definition) is 1. The number of rotatable bonds is 2. The number of nitrogens with two attached hydrogens (primary N) is 1. The Kier molecular flexibility index (Phi) is 3.77. The van der Waals surface area contributed by atoms with Crippen LogP contribution in [0.2, 0.25) is 5.02 Å². The molecule has 3 rings (SSSR count). The quantitative estimate of drug-likeness (QED) is 0.877. The molecule has 2 unspecified atom stereocenters. The summed E-state index contributed by atoms with van der Waals surface area (Å²) < 4.78 is 13.8. The topological polar surface area (TPSA) is 26.0 Å². The summed E-state index contributed by atoms with van der Waals surface area (Å²) in [5, 5.41) is 0.575. The highest BCUT2D eigenvalue weighted by Crippen LogP contribution is 2.35. The van der Waals surface area contributed by atoms with E-state index in [1.807, 2.05) is 12.1 Å². The molecule has 0 amide bonds. The van der Waals surface area contributed by atoms with Crippen molar-refractivity contribution in [3.63, 3.8) is 0 Å². The second-order valence-electron chi connectivity index (χ2n) is 5.46. The Morgan fingerprint density at radius 1 is 1.20 bits per heavy atom. The van der Waals surface area contributed by atoms with Gasteiger partial charge in [-0.15, -0.1) is 0 Å². The van der Waals surface area contributed by atoms with Gasteiger partial charge in [-0.2, -0.15) is 0 Å². The molecule has 0 heterocycles. The van der Waals surface area contributed by atoms with Crippen LogP contribution >= 0.6 is 11.6 Å². The van der Waals surface area contributed by atoms with E-state index in [9.17, 15) is 4.39 Å². The second-order valence-corrected chi connectivity index (χ2v) is 5.90. The molecule has 1 aliphatic rings. The summed E-state index contributed by atoms with van der Waals surface area (Å²) >= 11 is 5.95.